The highest BCUT2D eigenvalue weighted by Gasteiger charge is 2.12. The van der Waals surface area contributed by atoms with E-state index in [-0.39, 0.29) is 0 Å². The second kappa shape index (κ2) is 10.8. The van der Waals surface area contributed by atoms with Gasteiger partial charge >= 0.3 is 0 Å². The average Bonchev–Trinajstić information content (AvgIpc) is 2.70. The maximum Gasteiger partial charge on any atom is 0.170 e. The molecule has 1 aliphatic rings. The fourth-order valence-electron chi connectivity index (χ4n) is 3.15. The van der Waals surface area contributed by atoms with Crippen LogP contribution in [-0.4, -0.2) is 44.5 Å². The average molecular weight is 417 g/mol. The number of benzene rings is 2. The van der Waals surface area contributed by atoms with Crippen molar-refractivity contribution in [3.63, 3.8) is 0 Å². The summed E-state index contributed by atoms with van der Waals surface area (Å²) in [7, 11) is 0. The Morgan fingerprint density at radius 1 is 1.04 bits per heavy atom. The van der Waals surface area contributed by atoms with Gasteiger partial charge in [0, 0.05) is 28.4 Å². The molecule has 0 unspecified atom stereocenters. The van der Waals surface area contributed by atoms with Gasteiger partial charge in [-0.2, -0.15) is 0 Å². The first kappa shape index (κ1) is 21.1. The van der Waals surface area contributed by atoms with Crippen molar-refractivity contribution in [2.75, 3.05) is 44.7 Å². The quantitative estimate of drug-likeness (QED) is 0.478. The first-order chi connectivity index (χ1) is 13.6. The third-order valence-corrected chi connectivity index (χ3v) is 6.26. The molecule has 1 saturated heterocycles. The molecule has 4 nitrogen and oxygen atoms in total. The van der Waals surface area contributed by atoms with E-state index in [0.717, 1.165) is 45.0 Å². The van der Waals surface area contributed by atoms with Crippen LogP contribution in [0, 0.1) is 13.8 Å². The summed E-state index contributed by atoms with van der Waals surface area (Å²) in [4.78, 5) is 4.12. The molecule has 0 aliphatic carbocycles. The highest BCUT2D eigenvalue weighted by atomic mass is 32.2. The molecule has 3 N–H and O–H groups in total. The number of morpholine rings is 1. The molecule has 150 valence electrons. The fourth-order valence-corrected chi connectivity index (χ4v) is 4.28. The van der Waals surface area contributed by atoms with Gasteiger partial charge in [-0.3, -0.25) is 0 Å². The van der Waals surface area contributed by atoms with Crippen LogP contribution in [0.15, 0.2) is 52.3 Å². The van der Waals surface area contributed by atoms with Crippen LogP contribution in [0.5, 0.6) is 0 Å². The lowest BCUT2D eigenvalue weighted by molar-refractivity contribution is -0.908. The zero-order valence-electron chi connectivity index (χ0n) is 16.7. The van der Waals surface area contributed by atoms with E-state index in [4.69, 9.17) is 17.0 Å². The summed E-state index contributed by atoms with van der Waals surface area (Å²) in [6.07, 6.45) is 1.11. The third kappa shape index (κ3) is 6.78. The summed E-state index contributed by atoms with van der Waals surface area (Å²) >= 11 is 7.20. The van der Waals surface area contributed by atoms with Crippen LogP contribution in [0.1, 0.15) is 17.5 Å². The van der Waals surface area contributed by atoms with Crippen LogP contribution in [0.25, 0.3) is 0 Å². The number of nitrogens with one attached hydrogen (secondary N) is 3. The second-order valence-corrected chi connectivity index (χ2v) is 8.77. The van der Waals surface area contributed by atoms with Crippen LogP contribution >= 0.6 is 24.0 Å². The SMILES string of the molecule is Cc1ccc(Sc2ccc(NC(=S)NCCC[NH+]3CCOCC3)cc2)cc1C. The van der Waals surface area contributed by atoms with Gasteiger partial charge in [-0.15, -0.1) is 0 Å². The van der Waals surface area contributed by atoms with Crippen LogP contribution in [0.2, 0.25) is 0 Å². The van der Waals surface area contributed by atoms with E-state index in [9.17, 15) is 0 Å². The van der Waals surface area contributed by atoms with Crippen molar-refractivity contribution in [3.8, 4) is 0 Å². The number of hydrogen-bond acceptors (Lipinski definition) is 3. The predicted molar refractivity (Wildman–Crippen MR) is 122 cm³/mol. The van der Waals surface area contributed by atoms with Gasteiger partial charge < -0.3 is 20.3 Å². The van der Waals surface area contributed by atoms with E-state index in [0.29, 0.717) is 5.11 Å². The van der Waals surface area contributed by atoms with Gasteiger partial charge in [-0.05, 0) is 73.6 Å². The molecule has 0 saturated carbocycles. The van der Waals surface area contributed by atoms with Crippen LogP contribution in [-0.2, 0) is 4.74 Å². The summed E-state index contributed by atoms with van der Waals surface area (Å²) in [5, 5.41) is 7.27. The largest absolute Gasteiger partial charge is 0.370 e. The highest BCUT2D eigenvalue weighted by molar-refractivity contribution is 7.99. The lowest BCUT2D eigenvalue weighted by atomic mass is 10.1. The second-order valence-electron chi connectivity index (χ2n) is 7.22. The highest BCUT2D eigenvalue weighted by Crippen LogP contribution is 2.29. The van der Waals surface area contributed by atoms with Gasteiger partial charge in [-0.1, -0.05) is 17.8 Å². The lowest BCUT2D eigenvalue weighted by Crippen LogP contribution is -3.14. The van der Waals surface area contributed by atoms with Crippen molar-refractivity contribution in [2.24, 2.45) is 0 Å². The molecule has 0 spiro atoms. The number of anilines is 1. The fraction of sp³-hybridized carbons (Fsp3) is 0.409. The summed E-state index contributed by atoms with van der Waals surface area (Å²) in [6.45, 7) is 10.4. The summed E-state index contributed by atoms with van der Waals surface area (Å²) in [5.74, 6) is 0. The van der Waals surface area contributed by atoms with E-state index >= 15 is 0 Å². The van der Waals surface area contributed by atoms with Crippen molar-refractivity contribution in [2.45, 2.75) is 30.1 Å². The molecule has 1 heterocycles. The zero-order chi connectivity index (χ0) is 19.8. The minimum atomic E-state index is 0.687. The molecule has 0 radical (unpaired) electrons. The van der Waals surface area contributed by atoms with Crippen molar-refractivity contribution >= 4 is 34.8 Å². The smallest absolute Gasteiger partial charge is 0.170 e. The minimum Gasteiger partial charge on any atom is -0.370 e. The molecule has 1 fully saturated rings. The number of thiocarbonyl (C=S) groups is 1. The molecule has 0 amide bonds. The van der Waals surface area contributed by atoms with Crippen molar-refractivity contribution < 1.29 is 9.64 Å². The van der Waals surface area contributed by atoms with Crippen molar-refractivity contribution in [1.29, 1.82) is 0 Å². The van der Waals surface area contributed by atoms with E-state index < -0.39 is 0 Å². The molecule has 0 atom stereocenters. The van der Waals surface area contributed by atoms with E-state index in [1.807, 2.05) is 0 Å². The van der Waals surface area contributed by atoms with E-state index in [1.54, 1.807) is 16.7 Å². The first-order valence-electron chi connectivity index (χ1n) is 9.91. The first-order valence-corrected chi connectivity index (χ1v) is 11.1. The van der Waals surface area contributed by atoms with Gasteiger partial charge in [0.25, 0.3) is 0 Å². The molecule has 2 aromatic rings. The van der Waals surface area contributed by atoms with E-state index in [1.165, 1.54) is 27.5 Å². The lowest BCUT2D eigenvalue weighted by Gasteiger charge is -2.23. The summed E-state index contributed by atoms with van der Waals surface area (Å²) in [5.41, 5.74) is 3.67. The van der Waals surface area contributed by atoms with Gasteiger partial charge in [0.2, 0.25) is 0 Å². The summed E-state index contributed by atoms with van der Waals surface area (Å²) in [6, 6.07) is 15.0. The number of aryl methyl sites for hydroxylation is 2. The Morgan fingerprint density at radius 2 is 1.75 bits per heavy atom. The van der Waals surface area contributed by atoms with Gasteiger partial charge in [0.05, 0.1) is 19.8 Å². The predicted octanol–water partition coefficient (Wildman–Crippen LogP) is 3.05. The normalized spacial score (nSPS) is 14.6. The van der Waals surface area contributed by atoms with Crippen molar-refractivity contribution in [1.82, 2.24) is 5.32 Å². The topological polar surface area (TPSA) is 37.7 Å². The van der Waals surface area contributed by atoms with Crippen LogP contribution in [0.3, 0.4) is 0 Å². The Kier molecular flexibility index (Phi) is 8.15. The molecule has 2 aromatic carbocycles. The number of quaternary nitrogens is 1. The molecular weight excluding hydrogens is 386 g/mol. The van der Waals surface area contributed by atoms with Gasteiger partial charge in [-0.25, -0.2) is 0 Å². The van der Waals surface area contributed by atoms with E-state index in [2.05, 4.69) is 66.9 Å². The molecule has 28 heavy (non-hydrogen) atoms. The minimum absolute atomic E-state index is 0.687. The number of hydrogen-bond donors (Lipinski definition) is 3. The Bertz CT molecular complexity index is 774. The monoisotopic (exact) mass is 416 g/mol. The molecule has 1 aliphatic heterocycles. The zero-order valence-corrected chi connectivity index (χ0v) is 18.3. The Balaban J connectivity index is 1.39. The molecule has 0 bridgehead atoms. The van der Waals surface area contributed by atoms with Crippen molar-refractivity contribution in [3.05, 3.63) is 53.6 Å². The Morgan fingerprint density at radius 3 is 2.46 bits per heavy atom. The standard InChI is InChI=1S/C22H29N3OS2/c1-17-4-7-21(16-18(17)2)28-20-8-5-19(6-9-20)24-22(27)23-10-3-11-25-12-14-26-15-13-25/h4-9,16H,3,10-15H2,1-2H3,(H2,23,24,27)/p+1. The third-order valence-electron chi connectivity index (χ3n) is 5.02. The van der Waals surface area contributed by atoms with Gasteiger partial charge in [0.1, 0.15) is 13.1 Å². The van der Waals surface area contributed by atoms with Gasteiger partial charge in [0.15, 0.2) is 5.11 Å². The maximum atomic E-state index is 5.42. The molecule has 0 aromatic heterocycles. The molecule has 3 rings (SSSR count). The molecular formula is C22H30N3OS2+. The maximum absolute atomic E-state index is 5.42. The summed E-state index contributed by atoms with van der Waals surface area (Å²) < 4.78 is 5.39. The Hall–Kier alpha value is -1.60. The molecule has 6 heteroatoms. The van der Waals surface area contributed by atoms with Crippen LogP contribution in [0.4, 0.5) is 5.69 Å². The number of rotatable bonds is 7. The Labute approximate surface area is 178 Å². The van der Waals surface area contributed by atoms with Crippen LogP contribution < -0.4 is 15.5 Å². The number of ether oxygens (including phenoxy) is 1.